The van der Waals surface area contributed by atoms with Crippen LogP contribution in [0.5, 0.6) is 11.5 Å². The first kappa shape index (κ1) is 41.0. The summed E-state index contributed by atoms with van der Waals surface area (Å²) in [6, 6.07) is 21.7. The number of nitrogens with one attached hydrogen (secondary N) is 1. The lowest BCUT2D eigenvalue weighted by atomic mass is 9.98. The number of aromatic nitrogens is 2. The second-order valence-corrected chi connectivity index (χ2v) is 14.4. The van der Waals surface area contributed by atoms with Crippen LogP contribution in [0.15, 0.2) is 72.8 Å². The van der Waals surface area contributed by atoms with Crippen LogP contribution in [0.4, 0.5) is 0 Å². The van der Waals surface area contributed by atoms with Crippen LogP contribution in [-0.2, 0) is 16.0 Å². The molecule has 0 saturated heterocycles. The molecule has 0 radical (unpaired) electrons. The lowest BCUT2D eigenvalue weighted by Gasteiger charge is -2.11. The van der Waals surface area contributed by atoms with Crippen molar-refractivity contribution < 1.29 is 34.4 Å². The molecule has 1 amide bonds. The molecule has 13 heteroatoms. The number of amides is 1. The Labute approximate surface area is 333 Å². The Balaban J connectivity index is 0.000000211. The molecule has 6 rings (SSSR count). The number of aliphatic hydroxyl groups is 1. The number of carbonyl (C=O) groups is 3. The number of benzene rings is 4. The predicted molar refractivity (Wildman–Crippen MR) is 221 cm³/mol. The molecule has 286 valence electrons. The van der Waals surface area contributed by atoms with Gasteiger partial charge >= 0.3 is 5.97 Å². The summed E-state index contributed by atoms with van der Waals surface area (Å²) < 4.78 is 8.69. The van der Waals surface area contributed by atoms with Crippen LogP contribution in [0.1, 0.15) is 62.4 Å². The minimum Gasteiger partial charge on any atom is -0.506 e. The van der Waals surface area contributed by atoms with Crippen LogP contribution in [0.25, 0.3) is 21.8 Å². The molecule has 4 aromatic carbocycles. The molecule has 0 saturated carbocycles. The van der Waals surface area contributed by atoms with Gasteiger partial charge in [-0.2, -0.15) is 0 Å². The molecule has 2 heterocycles. The molecule has 0 aliphatic rings. The van der Waals surface area contributed by atoms with E-state index in [2.05, 4.69) is 5.32 Å². The number of thiocarbonyl (C=S) groups is 1. The number of hydrogen-bond donors (Lipinski definition) is 4. The Kier molecular flexibility index (Phi) is 12.7. The molecule has 4 N–H and O–H groups in total. The molecular formula is C42H41Cl2N3O7S. The van der Waals surface area contributed by atoms with Gasteiger partial charge < -0.3 is 29.9 Å². The van der Waals surface area contributed by atoms with E-state index in [1.807, 2.05) is 61.7 Å². The van der Waals surface area contributed by atoms with Gasteiger partial charge in [0.15, 0.2) is 0 Å². The van der Waals surface area contributed by atoms with E-state index >= 15 is 0 Å². The first-order valence-electron chi connectivity index (χ1n) is 17.3. The summed E-state index contributed by atoms with van der Waals surface area (Å²) in [6.07, 6.45) is 0.104. The normalized spacial score (nSPS) is 11.6. The SMILES string of the molecule is COc1cc2c(C(C)C(=O)O)c(C)n(C(=O)c3ccc(C)cc3)c2cc1Cl.Cc1ccc(C(=S)n2c(C)c(CC(=O)NCCO)c3cc(O)c(Cl)cc32)cc1. The van der Waals surface area contributed by atoms with Gasteiger partial charge in [0.05, 0.1) is 47.1 Å². The van der Waals surface area contributed by atoms with E-state index in [1.165, 1.54) is 11.7 Å². The van der Waals surface area contributed by atoms with E-state index in [0.29, 0.717) is 48.9 Å². The maximum Gasteiger partial charge on any atom is 0.310 e. The molecule has 0 bridgehead atoms. The third kappa shape index (κ3) is 8.40. The van der Waals surface area contributed by atoms with E-state index in [-0.39, 0.29) is 42.2 Å². The molecule has 1 atom stereocenters. The highest BCUT2D eigenvalue weighted by molar-refractivity contribution is 7.80. The number of ether oxygens (including phenoxy) is 1. The molecule has 55 heavy (non-hydrogen) atoms. The van der Waals surface area contributed by atoms with E-state index < -0.39 is 11.9 Å². The van der Waals surface area contributed by atoms with Gasteiger partial charge in [-0.15, -0.1) is 0 Å². The van der Waals surface area contributed by atoms with Crippen LogP contribution < -0.4 is 10.1 Å². The highest BCUT2D eigenvalue weighted by atomic mass is 35.5. The van der Waals surface area contributed by atoms with Crippen LogP contribution in [-0.4, -0.2) is 67.5 Å². The number of aliphatic carboxylic acids is 1. The van der Waals surface area contributed by atoms with Gasteiger partial charge in [0, 0.05) is 39.8 Å². The summed E-state index contributed by atoms with van der Waals surface area (Å²) in [4.78, 5) is 37.7. The number of carboxylic acids is 1. The zero-order chi connectivity index (χ0) is 40.3. The van der Waals surface area contributed by atoms with Gasteiger partial charge in [-0.05, 0) is 82.1 Å². The van der Waals surface area contributed by atoms with Gasteiger partial charge in [0.25, 0.3) is 5.91 Å². The number of phenols is 1. The molecule has 0 aliphatic heterocycles. The van der Waals surface area contributed by atoms with Crippen LogP contribution in [0.3, 0.4) is 0 Å². The topological polar surface area (TPSA) is 143 Å². The molecule has 0 fully saturated rings. The fraction of sp³-hybridized carbons (Fsp3) is 0.238. The molecular weight excluding hydrogens is 761 g/mol. The second-order valence-electron chi connectivity index (χ2n) is 13.2. The number of nitrogens with zero attached hydrogens (tertiary/aromatic N) is 2. The second kappa shape index (κ2) is 17.1. The predicted octanol–water partition coefficient (Wildman–Crippen LogP) is 8.29. The third-order valence-electron chi connectivity index (χ3n) is 9.51. The summed E-state index contributed by atoms with van der Waals surface area (Å²) in [6.45, 7) is 9.26. The van der Waals surface area contributed by atoms with Gasteiger partial charge in [-0.1, -0.05) is 82.9 Å². The monoisotopic (exact) mass is 801 g/mol. The summed E-state index contributed by atoms with van der Waals surface area (Å²) in [7, 11) is 1.49. The Morgan fingerprint density at radius 1 is 0.818 bits per heavy atom. The average molecular weight is 803 g/mol. The number of methoxy groups -OCH3 is 1. The largest absolute Gasteiger partial charge is 0.506 e. The van der Waals surface area contributed by atoms with Crippen molar-refractivity contribution in [2.24, 2.45) is 0 Å². The number of carboxylic acid groups (broad SMARTS) is 1. The fourth-order valence-electron chi connectivity index (χ4n) is 6.57. The van der Waals surface area contributed by atoms with Crippen molar-refractivity contribution in [3.63, 3.8) is 0 Å². The number of aromatic hydroxyl groups is 1. The number of hydrogen-bond acceptors (Lipinski definition) is 7. The Hall–Kier alpha value is -5.20. The Morgan fingerprint density at radius 3 is 1.95 bits per heavy atom. The van der Waals surface area contributed by atoms with Crippen LogP contribution in [0, 0.1) is 27.7 Å². The van der Waals surface area contributed by atoms with Crippen molar-refractivity contribution in [2.45, 2.75) is 47.0 Å². The maximum atomic E-state index is 13.2. The number of carbonyl (C=O) groups excluding carboxylic acids is 2. The number of fused-ring (bicyclic) bond motifs is 2. The fourth-order valence-corrected chi connectivity index (χ4v) is 7.33. The molecule has 2 aromatic heterocycles. The van der Waals surface area contributed by atoms with E-state index in [0.717, 1.165) is 33.5 Å². The van der Waals surface area contributed by atoms with Crippen molar-refractivity contribution in [2.75, 3.05) is 20.3 Å². The summed E-state index contributed by atoms with van der Waals surface area (Å²) in [5, 5.41) is 33.1. The number of phenolic OH excluding ortho intramolecular Hbond substituents is 1. The standard InChI is InChI=1S/C21H21ClN2O3S.C21H20ClNO4/c1-12-3-5-14(6-4-12)21(28)24-13(2)15(10-20(27)23-7-8-25)16-9-19(26)17(22)11-18(16)24;1-11-5-7-14(8-6-11)20(24)23-13(3)19(12(2)21(25)26)15-9-18(27-4)16(22)10-17(15)23/h3-6,9,11,25-26H,7-8,10H2,1-2H3,(H,23,27);5-10,12H,1-4H3,(H,25,26). The van der Waals surface area contributed by atoms with Crippen molar-refractivity contribution in [3.05, 3.63) is 128 Å². The molecule has 6 aromatic rings. The van der Waals surface area contributed by atoms with Gasteiger partial charge in [-0.25, -0.2) is 0 Å². The average Bonchev–Trinajstić information content (AvgIpc) is 3.57. The maximum absolute atomic E-state index is 13.2. The lowest BCUT2D eigenvalue weighted by molar-refractivity contribution is -0.138. The summed E-state index contributed by atoms with van der Waals surface area (Å²) >= 11 is 18.2. The number of rotatable bonds is 9. The van der Waals surface area contributed by atoms with Crippen LogP contribution in [0.2, 0.25) is 10.0 Å². The number of halogens is 2. The van der Waals surface area contributed by atoms with Crippen molar-refractivity contribution in [1.29, 1.82) is 0 Å². The van der Waals surface area contributed by atoms with E-state index in [4.69, 9.17) is 45.3 Å². The summed E-state index contributed by atoms with van der Waals surface area (Å²) in [5.74, 6) is -1.82. The zero-order valence-electron chi connectivity index (χ0n) is 31.2. The molecule has 0 spiro atoms. The van der Waals surface area contributed by atoms with Crippen molar-refractivity contribution in [1.82, 2.24) is 14.5 Å². The zero-order valence-corrected chi connectivity index (χ0v) is 33.5. The molecule has 0 aliphatic carbocycles. The Bertz CT molecular complexity index is 2450. The summed E-state index contributed by atoms with van der Waals surface area (Å²) in [5.41, 5.74) is 7.59. The highest BCUT2D eigenvalue weighted by Gasteiger charge is 2.28. The van der Waals surface area contributed by atoms with E-state index in [1.54, 1.807) is 50.2 Å². The van der Waals surface area contributed by atoms with Crippen molar-refractivity contribution in [3.8, 4) is 11.5 Å². The van der Waals surface area contributed by atoms with Gasteiger partial charge in [0.2, 0.25) is 5.91 Å². The minimum atomic E-state index is -0.964. The third-order valence-corrected chi connectivity index (χ3v) is 10.5. The quantitative estimate of drug-likeness (QED) is 0.107. The number of aliphatic hydroxyl groups excluding tert-OH is 1. The van der Waals surface area contributed by atoms with Gasteiger partial charge in [0.1, 0.15) is 16.5 Å². The van der Waals surface area contributed by atoms with Crippen LogP contribution >= 0.6 is 35.4 Å². The molecule has 10 nitrogen and oxygen atoms in total. The first-order valence-corrected chi connectivity index (χ1v) is 18.5. The minimum absolute atomic E-state index is 0.0513. The first-order chi connectivity index (χ1) is 26.1. The van der Waals surface area contributed by atoms with E-state index in [9.17, 15) is 24.6 Å². The number of aryl methyl sites for hydroxylation is 2. The molecule has 1 unspecified atom stereocenters. The smallest absolute Gasteiger partial charge is 0.310 e. The Morgan fingerprint density at radius 2 is 1.38 bits per heavy atom. The lowest BCUT2D eigenvalue weighted by Crippen LogP contribution is -2.28. The van der Waals surface area contributed by atoms with Gasteiger partial charge in [-0.3, -0.25) is 19.0 Å². The highest BCUT2D eigenvalue weighted by Crippen LogP contribution is 2.39. The van der Waals surface area contributed by atoms with Crippen molar-refractivity contribution >= 4 is 80.0 Å².